The fraction of sp³-hybridized carbons (Fsp3) is 0.0952. The van der Waals surface area contributed by atoms with E-state index in [1.165, 1.54) is 11.8 Å². The maximum atomic E-state index is 12.2. The Morgan fingerprint density at radius 2 is 1.89 bits per heavy atom. The zero-order chi connectivity index (χ0) is 19.3. The van der Waals surface area contributed by atoms with Crippen molar-refractivity contribution in [3.8, 4) is 11.3 Å². The molecule has 2 aromatic carbocycles. The molecule has 0 radical (unpaired) electrons. The summed E-state index contributed by atoms with van der Waals surface area (Å²) < 4.78 is 1.79. The molecule has 0 bridgehead atoms. The van der Waals surface area contributed by atoms with Crippen LogP contribution in [-0.2, 0) is 11.3 Å². The number of aromatic nitrogens is 3. The van der Waals surface area contributed by atoms with E-state index >= 15 is 0 Å². The van der Waals surface area contributed by atoms with Gasteiger partial charge in [0.25, 0.3) is 0 Å². The van der Waals surface area contributed by atoms with E-state index in [0.717, 1.165) is 27.4 Å². The lowest BCUT2D eigenvalue weighted by atomic mass is 10.1. The van der Waals surface area contributed by atoms with Crippen LogP contribution in [0.3, 0.4) is 0 Å². The maximum absolute atomic E-state index is 12.2. The molecule has 2 aromatic heterocycles. The normalized spacial score (nSPS) is 10.9. The third kappa shape index (κ3) is 4.18. The Labute approximate surface area is 171 Å². The second-order valence-electron chi connectivity index (χ2n) is 6.11. The summed E-state index contributed by atoms with van der Waals surface area (Å²) in [6.45, 7) is 0.404. The Morgan fingerprint density at radius 1 is 1.11 bits per heavy atom. The summed E-state index contributed by atoms with van der Waals surface area (Å²) in [6, 6.07) is 19.4. The summed E-state index contributed by atoms with van der Waals surface area (Å²) >= 11 is 7.51. The largest absolute Gasteiger partial charge is 0.351 e. The predicted octanol–water partition coefficient (Wildman–Crippen LogP) is 4.46. The predicted molar refractivity (Wildman–Crippen MR) is 112 cm³/mol. The minimum atomic E-state index is -0.0727. The van der Waals surface area contributed by atoms with Crippen molar-refractivity contribution in [2.24, 2.45) is 0 Å². The summed E-state index contributed by atoms with van der Waals surface area (Å²) in [5, 5.41) is 8.92. The van der Waals surface area contributed by atoms with Gasteiger partial charge in [-0.25, -0.2) is 9.50 Å². The first-order chi connectivity index (χ1) is 13.7. The van der Waals surface area contributed by atoms with Crippen molar-refractivity contribution in [2.75, 3.05) is 5.75 Å². The molecule has 2 heterocycles. The van der Waals surface area contributed by atoms with Crippen molar-refractivity contribution >= 4 is 34.8 Å². The summed E-state index contributed by atoms with van der Waals surface area (Å²) in [5.74, 6) is 0.194. The second-order valence-corrected chi connectivity index (χ2v) is 7.49. The van der Waals surface area contributed by atoms with Crippen LogP contribution in [0.1, 0.15) is 5.56 Å². The van der Waals surface area contributed by atoms with Gasteiger partial charge >= 0.3 is 0 Å². The molecule has 0 saturated heterocycles. The number of rotatable bonds is 6. The highest BCUT2D eigenvalue weighted by Crippen LogP contribution is 2.25. The molecule has 0 atom stereocenters. The lowest BCUT2D eigenvalue weighted by Crippen LogP contribution is -2.24. The first kappa shape index (κ1) is 18.5. The zero-order valence-corrected chi connectivity index (χ0v) is 16.5. The van der Waals surface area contributed by atoms with Crippen LogP contribution in [0, 0.1) is 0 Å². The minimum Gasteiger partial charge on any atom is -0.351 e. The van der Waals surface area contributed by atoms with E-state index in [-0.39, 0.29) is 11.7 Å². The third-order valence-corrected chi connectivity index (χ3v) is 5.56. The van der Waals surface area contributed by atoms with Crippen molar-refractivity contribution in [1.29, 1.82) is 0 Å². The first-order valence-electron chi connectivity index (χ1n) is 8.73. The van der Waals surface area contributed by atoms with Gasteiger partial charge in [-0.3, -0.25) is 4.79 Å². The molecule has 28 heavy (non-hydrogen) atoms. The molecule has 4 aromatic rings. The number of carbonyl (C=O) groups is 1. The van der Waals surface area contributed by atoms with Gasteiger partial charge in [0, 0.05) is 29.5 Å². The molecular weight excluding hydrogens is 392 g/mol. The first-order valence-corrected chi connectivity index (χ1v) is 10.1. The van der Waals surface area contributed by atoms with Crippen LogP contribution >= 0.6 is 23.4 Å². The molecule has 1 N–H and O–H groups in total. The Morgan fingerprint density at radius 3 is 2.71 bits per heavy atom. The molecule has 0 fully saturated rings. The number of nitrogens with zero attached hydrogens (tertiary/aromatic N) is 3. The molecule has 140 valence electrons. The molecular formula is C21H17ClN4OS. The molecule has 0 unspecified atom stereocenters. The van der Waals surface area contributed by atoms with Crippen LogP contribution in [0.15, 0.2) is 78.1 Å². The van der Waals surface area contributed by atoms with Gasteiger partial charge in [-0.2, -0.15) is 5.10 Å². The van der Waals surface area contributed by atoms with Gasteiger partial charge in [0.15, 0.2) is 0 Å². The van der Waals surface area contributed by atoms with E-state index < -0.39 is 0 Å². The highest BCUT2D eigenvalue weighted by atomic mass is 35.5. The van der Waals surface area contributed by atoms with Gasteiger partial charge in [-0.05, 0) is 17.7 Å². The van der Waals surface area contributed by atoms with Gasteiger partial charge in [0.2, 0.25) is 5.91 Å². The number of benzene rings is 2. The number of carbonyl (C=O) groups excluding carboxylic acids is 1. The van der Waals surface area contributed by atoms with Gasteiger partial charge in [-0.1, -0.05) is 71.9 Å². The highest BCUT2D eigenvalue weighted by Gasteiger charge is 2.11. The third-order valence-electron chi connectivity index (χ3n) is 4.20. The smallest absolute Gasteiger partial charge is 0.230 e. The Balaban J connectivity index is 1.44. The molecule has 0 aliphatic rings. The van der Waals surface area contributed by atoms with E-state index in [4.69, 9.17) is 11.6 Å². The monoisotopic (exact) mass is 408 g/mol. The van der Waals surface area contributed by atoms with Crippen LogP contribution < -0.4 is 5.32 Å². The van der Waals surface area contributed by atoms with Crippen molar-refractivity contribution in [1.82, 2.24) is 19.9 Å². The van der Waals surface area contributed by atoms with Crippen molar-refractivity contribution in [3.63, 3.8) is 0 Å². The second kappa shape index (κ2) is 8.46. The van der Waals surface area contributed by atoms with E-state index in [0.29, 0.717) is 11.6 Å². The number of fused-ring (bicyclic) bond motifs is 1. The van der Waals surface area contributed by atoms with Crippen LogP contribution in [-0.4, -0.2) is 26.3 Å². The number of halogens is 1. The van der Waals surface area contributed by atoms with Crippen LogP contribution in [0.25, 0.3) is 16.8 Å². The molecule has 0 aliphatic carbocycles. The number of thioether (sulfide) groups is 1. The van der Waals surface area contributed by atoms with E-state index in [1.807, 2.05) is 66.9 Å². The van der Waals surface area contributed by atoms with E-state index in [1.54, 1.807) is 10.7 Å². The molecule has 0 aliphatic heterocycles. The average Bonchev–Trinajstić information content (AvgIpc) is 3.17. The van der Waals surface area contributed by atoms with E-state index in [9.17, 15) is 4.79 Å². The summed E-state index contributed by atoms with van der Waals surface area (Å²) in [4.78, 5) is 16.7. The van der Waals surface area contributed by atoms with Crippen LogP contribution in [0.2, 0.25) is 5.02 Å². The lowest BCUT2D eigenvalue weighted by molar-refractivity contribution is -0.118. The topological polar surface area (TPSA) is 59.3 Å². The van der Waals surface area contributed by atoms with Crippen molar-refractivity contribution in [2.45, 2.75) is 11.6 Å². The molecule has 7 heteroatoms. The van der Waals surface area contributed by atoms with Crippen LogP contribution in [0.4, 0.5) is 0 Å². The zero-order valence-electron chi connectivity index (χ0n) is 14.9. The number of hydrogen-bond donors (Lipinski definition) is 1. The fourth-order valence-corrected chi connectivity index (χ4v) is 3.79. The standard InChI is InChI=1S/C21H17ClN4OS/c22-17-9-5-4-8-16(17)13-24-20(27)14-28-21-19-12-18(15-6-2-1-3-7-15)25-26(19)11-10-23-21/h1-12H,13-14H2,(H,24,27). The van der Waals surface area contributed by atoms with Gasteiger partial charge in [0.1, 0.15) is 5.03 Å². The Hall–Kier alpha value is -2.83. The molecule has 0 spiro atoms. The number of nitrogens with one attached hydrogen (secondary N) is 1. The Bertz CT molecular complexity index is 1110. The SMILES string of the molecule is O=C(CSc1nccn2nc(-c3ccccc3)cc12)NCc1ccccc1Cl. The summed E-state index contributed by atoms with van der Waals surface area (Å²) in [7, 11) is 0. The van der Waals surface area contributed by atoms with Crippen LogP contribution in [0.5, 0.6) is 0 Å². The quantitative estimate of drug-likeness (QED) is 0.478. The average molecular weight is 409 g/mol. The van der Waals surface area contributed by atoms with Gasteiger partial charge < -0.3 is 5.32 Å². The molecule has 4 rings (SSSR count). The lowest BCUT2D eigenvalue weighted by Gasteiger charge is -2.07. The summed E-state index contributed by atoms with van der Waals surface area (Å²) in [6.07, 6.45) is 3.50. The molecule has 5 nitrogen and oxygen atoms in total. The number of hydrogen-bond acceptors (Lipinski definition) is 4. The molecule has 0 saturated carbocycles. The fourth-order valence-electron chi connectivity index (χ4n) is 2.78. The highest BCUT2D eigenvalue weighted by molar-refractivity contribution is 8.00. The van der Waals surface area contributed by atoms with Crippen molar-refractivity contribution < 1.29 is 4.79 Å². The number of amides is 1. The minimum absolute atomic E-state index is 0.0727. The van der Waals surface area contributed by atoms with Crippen molar-refractivity contribution in [3.05, 3.63) is 83.6 Å². The summed E-state index contributed by atoms with van der Waals surface area (Å²) in [5.41, 5.74) is 3.69. The Kier molecular flexibility index (Phi) is 5.60. The molecule has 1 amide bonds. The van der Waals surface area contributed by atoms with Gasteiger partial charge in [-0.15, -0.1) is 0 Å². The van der Waals surface area contributed by atoms with E-state index in [2.05, 4.69) is 15.4 Å². The van der Waals surface area contributed by atoms with Gasteiger partial charge in [0.05, 0.1) is 17.0 Å². The maximum Gasteiger partial charge on any atom is 0.230 e.